The van der Waals surface area contributed by atoms with E-state index in [4.69, 9.17) is 4.74 Å². The van der Waals surface area contributed by atoms with E-state index in [1.54, 1.807) is 6.07 Å². The second-order valence-electron chi connectivity index (χ2n) is 7.59. The Morgan fingerprint density at radius 3 is 1.39 bits per heavy atom. The van der Waals surface area contributed by atoms with Crippen LogP contribution in [-0.4, -0.2) is 7.11 Å². The van der Waals surface area contributed by atoms with Crippen molar-refractivity contribution >= 4 is 0 Å². The van der Waals surface area contributed by atoms with E-state index < -0.39 is 23.5 Å². The van der Waals surface area contributed by atoms with Crippen molar-refractivity contribution < 1.29 is 31.1 Å². The van der Waals surface area contributed by atoms with Crippen LogP contribution in [0.5, 0.6) is 5.75 Å². The van der Waals surface area contributed by atoms with Gasteiger partial charge >= 0.3 is 12.4 Å². The molecule has 0 spiro atoms. The molecule has 1 saturated carbocycles. The van der Waals surface area contributed by atoms with Gasteiger partial charge in [0.1, 0.15) is 5.75 Å². The number of hydrogen-bond donors (Lipinski definition) is 0. The fourth-order valence-corrected chi connectivity index (χ4v) is 4.19. The summed E-state index contributed by atoms with van der Waals surface area (Å²) in [6.07, 6.45) is -8.86. The average molecular weight is 436 g/mol. The zero-order chi connectivity index (χ0) is 22.4. The fraction of sp³-hybridized carbons (Fsp3) is 0.250. The Hall–Kier alpha value is -2.96. The predicted molar refractivity (Wildman–Crippen MR) is 104 cm³/mol. The highest BCUT2D eigenvalue weighted by atomic mass is 19.4. The summed E-state index contributed by atoms with van der Waals surface area (Å²) in [4.78, 5) is 0. The average Bonchev–Trinajstić information content (AvgIpc) is 3.48. The third kappa shape index (κ3) is 4.27. The molecule has 2 atom stereocenters. The van der Waals surface area contributed by atoms with Crippen LogP contribution in [0.2, 0.25) is 0 Å². The number of ether oxygens (including phenoxy) is 1. The maximum atomic E-state index is 12.9. The number of halogens is 6. The first-order valence-corrected chi connectivity index (χ1v) is 9.58. The molecule has 0 amide bonds. The third-order valence-electron chi connectivity index (χ3n) is 5.74. The second-order valence-corrected chi connectivity index (χ2v) is 7.59. The number of hydrogen-bond acceptors (Lipinski definition) is 1. The standard InChI is InChI=1S/C24H18F6O/c1-31-19-4-2-3-16(13-19)22-20(14-5-9-17(10-6-14)23(25,26)27)21(22)15-7-11-18(12-8-15)24(28,29)30/h2-13,20-22H,1H3/t20-,21-/m0/s1. The van der Waals surface area contributed by atoms with E-state index >= 15 is 0 Å². The molecular weight excluding hydrogens is 418 g/mol. The van der Waals surface area contributed by atoms with Crippen LogP contribution in [0.1, 0.15) is 45.6 Å². The highest BCUT2D eigenvalue weighted by molar-refractivity contribution is 5.50. The topological polar surface area (TPSA) is 9.23 Å². The zero-order valence-electron chi connectivity index (χ0n) is 16.3. The molecule has 1 fully saturated rings. The van der Waals surface area contributed by atoms with Crippen molar-refractivity contribution in [1.82, 2.24) is 0 Å². The summed E-state index contributed by atoms with van der Waals surface area (Å²) in [5, 5.41) is 0. The Morgan fingerprint density at radius 2 is 1.00 bits per heavy atom. The van der Waals surface area contributed by atoms with Gasteiger partial charge in [-0.1, -0.05) is 36.4 Å². The summed E-state index contributed by atoms with van der Waals surface area (Å²) in [6, 6.07) is 17.3. The van der Waals surface area contributed by atoms with Crippen LogP contribution >= 0.6 is 0 Å². The first-order valence-electron chi connectivity index (χ1n) is 9.58. The SMILES string of the molecule is COc1cccc(C2[C@@H](c3ccc(C(F)(F)F)cc3)[C@@H]2c2ccc(C(F)(F)F)cc2)c1. The zero-order valence-corrected chi connectivity index (χ0v) is 16.3. The first kappa shape index (κ1) is 21.3. The lowest BCUT2D eigenvalue weighted by Gasteiger charge is -2.08. The highest BCUT2D eigenvalue weighted by Gasteiger charge is 2.52. The number of rotatable bonds is 4. The minimum Gasteiger partial charge on any atom is -0.497 e. The maximum Gasteiger partial charge on any atom is 0.416 e. The van der Waals surface area contributed by atoms with Gasteiger partial charge < -0.3 is 4.74 Å². The summed E-state index contributed by atoms with van der Waals surface area (Å²) in [5.41, 5.74) is 0.882. The molecule has 1 aliphatic rings. The van der Waals surface area contributed by atoms with E-state index in [1.165, 1.54) is 31.4 Å². The van der Waals surface area contributed by atoms with Gasteiger partial charge in [-0.25, -0.2) is 0 Å². The third-order valence-corrected chi connectivity index (χ3v) is 5.74. The van der Waals surface area contributed by atoms with Gasteiger partial charge in [-0.3, -0.25) is 0 Å². The van der Waals surface area contributed by atoms with Crippen LogP contribution < -0.4 is 4.74 Å². The van der Waals surface area contributed by atoms with E-state index in [-0.39, 0.29) is 17.8 Å². The van der Waals surface area contributed by atoms with E-state index in [1.807, 2.05) is 18.2 Å². The van der Waals surface area contributed by atoms with Crippen LogP contribution in [0.15, 0.2) is 72.8 Å². The first-order chi connectivity index (χ1) is 14.6. The van der Waals surface area contributed by atoms with E-state index in [0.717, 1.165) is 29.8 Å². The van der Waals surface area contributed by atoms with Crippen LogP contribution in [0.25, 0.3) is 0 Å². The van der Waals surface area contributed by atoms with Crippen molar-refractivity contribution in [2.45, 2.75) is 30.1 Å². The molecule has 4 rings (SSSR count). The van der Waals surface area contributed by atoms with Crippen LogP contribution in [0.4, 0.5) is 26.3 Å². The van der Waals surface area contributed by atoms with E-state index in [0.29, 0.717) is 16.9 Å². The molecule has 0 N–H and O–H groups in total. The lowest BCUT2D eigenvalue weighted by atomic mass is 10.0. The molecule has 1 aliphatic carbocycles. The van der Waals surface area contributed by atoms with Gasteiger partial charge in [0.05, 0.1) is 18.2 Å². The summed E-state index contributed by atoms with van der Waals surface area (Å²) in [6.45, 7) is 0. The number of benzene rings is 3. The molecule has 3 aromatic carbocycles. The van der Waals surface area contributed by atoms with Crippen molar-refractivity contribution in [3.05, 3.63) is 101 Å². The molecule has 7 heteroatoms. The molecule has 0 radical (unpaired) electrons. The second kappa shape index (κ2) is 7.62. The number of alkyl halides is 6. The lowest BCUT2D eigenvalue weighted by Crippen LogP contribution is -2.04. The summed E-state index contributed by atoms with van der Waals surface area (Å²) in [5.74, 6) is 0.266. The van der Waals surface area contributed by atoms with Crippen LogP contribution in [-0.2, 0) is 12.4 Å². The molecule has 3 aromatic rings. The molecule has 0 aromatic heterocycles. The maximum absolute atomic E-state index is 12.9. The van der Waals surface area contributed by atoms with Gasteiger partial charge in [0.25, 0.3) is 0 Å². The molecular formula is C24H18F6O. The summed E-state index contributed by atoms with van der Waals surface area (Å²) < 4.78 is 82.9. The quantitative estimate of drug-likeness (QED) is 0.387. The van der Waals surface area contributed by atoms with Crippen molar-refractivity contribution in [3.63, 3.8) is 0 Å². The predicted octanol–water partition coefficient (Wildman–Crippen LogP) is 7.40. The van der Waals surface area contributed by atoms with Crippen LogP contribution in [0, 0.1) is 0 Å². The molecule has 0 saturated heterocycles. The van der Waals surface area contributed by atoms with Gasteiger partial charge in [0.15, 0.2) is 0 Å². The van der Waals surface area contributed by atoms with Crippen molar-refractivity contribution in [2.75, 3.05) is 7.11 Å². The summed E-state index contributed by atoms with van der Waals surface area (Å²) in [7, 11) is 1.53. The van der Waals surface area contributed by atoms with Crippen LogP contribution in [0.3, 0.4) is 0 Å². The van der Waals surface area contributed by atoms with Gasteiger partial charge in [0, 0.05) is 0 Å². The Bertz CT molecular complexity index is 988. The Labute approximate surface area is 175 Å². The monoisotopic (exact) mass is 436 g/mol. The fourth-order valence-electron chi connectivity index (χ4n) is 4.19. The van der Waals surface area contributed by atoms with Gasteiger partial charge in [0.2, 0.25) is 0 Å². The molecule has 0 aliphatic heterocycles. The largest absolute Gasteiger partial charge is 0.497 e. The lowest BCUT2D eigenvalue weighted by molar-refractivity contribution is -0.138. The molecule has 31 heavy (non-hydrogen) atoms. The van der Waals surface area contributed by atoms with Crippen molar-refractivity contribution in [1.29, 1.82) is 0 Å². The summed E-state index contributed by atoms with van der Waals surface area (Å²) >= 11 is 0. The van der Waals surface area contributed by atoms with Gasteiger partial charge in [-0.15, -0.1) is 0 Å². The number of methoxy groups -OCH3 is 1. The van der Waals surface area contributed by atoms with Crippen molar-refractivity contribution in [2.24, 2.45) is 0 Å². The Balaban J connectivity index is 1.70. The Kier molecular flexibility index (Phi) is 5.23. The smallest absolute Gasteiger partial charge is 0.416 e. The van der Waals surface area contributed by atoms with E-state index in [9.17, 15) is 26.3 Å². The molecule has 162 valence electrons. The van der Waals surface area contributed by atoms with Crippen molar-refractivity contribution in [3.8, 4) is 5.75 Å². The van der Waals surface area contributed by atoms with E-state index in [2.05, 4.69) is 0 Å². The van der Waals surface area contributed by atoms with Gasteiger partial charge in [-0.2, -0.15) is 26.3 Å². The minimum atomic E-state index is -4.43. The highest BCUT2D eigenvalue weighted by Crippen LogP contribution is 2.66. The normalized spacial score (nSPS) is 21.1. The molecule has 0 heterocycles. The molecule has 0 unspecified atom stereocenters. The van der Waals surface area contributed by atoms with Gasteiger partial charge in [-0.05, 0) is 70.8 Å². The Morgan fingerprint density at radius 1 is 0.581 bits per heavy atom. The molecule has 1 nitrogen and oxygen atoms in total. The molecule has 0 bridgehead atoms. The minimum absolute atomic E-state index is 0.0800.